The number of esters is 2. The van der Waals surface area contributed by atoms with E-state index in [-0.39, 0.29) is 19.4 Å². The van der Waals surface area contributed by atoms with Gasteiger partial charge in [-0.05, 0) is 44.9 Å². The molecule has 6 atom stereocenters. The van der Waals surface area contributed by atoms with E-state index in [9.17, 15) is 37.9 Å². The maximum Gasteiger partial charge on any atom is 0.306 e. The van der Waals surface area contributed by atoms with Crippen LogP contribution in [0.1, 0.15) is 155 Å². The van der Waals surface area contributed by atoms with E-state index in [4.69, 9.17) is 18.9 Å². The zero-order valence-electron chi connectivity index (χ0n) is 31.9. The highest BCUT2D eigenvalue weighted by Crippen LogP contribution is 2.24. The first-order valence-electron chi connectivity index (χ1n) is 19.9. The molecule has 0 aromatic rings. The van der Waals surface area contributed by atoms with Crippen LogP contribution >= 0.6 is 0 Å². The number of carbonyl (C=O) groups is 2. The topological polar surface area (TPSA) is 186 Å². The van der Waals surface area contributed by atoms with Gasteiger partial charge in [-0.15, -0.1) is 0 Å². The monoisotopic (exact) mass is 762 g/mol. The summed E-state index contributed by atoms with van der Waals surface area (Å²) in [5.74, 6) is -2.00. The van der Waals surface area contributed by atoms with Gasteiger partial charge >= 0.3 is 11.9 Å². The van der Waals surface area contributed by atoms with Gasteiger partial charge in [0.1, 0.15) is 36.8 Å². The van der Waals surface area contributed by atoms with Crippen LogP contribution in [0.4, 0.5) is 0 Å². The summed E-state index contributed by atoms with van der Waals surface area (Å²) in [6.07, 6.45) is 21.0. The second-order valence-corrected chi connectivity index (χ2v) is 15.4. The zero-order chi connectivity index (χ0) is 38.5. The molecular formula is C39H70O12S. The fourth-order valence-corrected chi connectivity index (χ4v) is 6.57. The van der Waals surface area contributed by atoms with Crippen LogP contribution in [0.15, 0.2) is 24.3 Å². The molecule has 1 aliphatic rings. The molecule has 1 aliphatic heterocycles. The van der Waals surface area contributed by atoms with Crippen molar-refractivity contribution in [3.05, 3.63) is 24.3 Å². The Hall–Kier alpha value is -1.87. The van der Waals surface area contributed by atoms with E-state index >= 15 is 0 Å². The van der Waals surface area contributed by atoms with Crippen LogP contribution in [0, 0.1) is 0 Å². The van der Waals surface area contributed by atoms with Crippen molar-refractivity contribution in [2.75, 3.05) is 19.0 Å². The van der Waals surface area contributed by atoms with Gasteiger partial charge in [-0.2, -0.15) is 8.42 Å². The lowest BCUT2D eigenvalue weighted by Gasteiger charge is -2.40. The number of carbonyl (C=O) groups excluding carboxylic acids is 2. The first-order chi connectivity index (χ1) is 25.0. The molecule has 1 heterocycles. The summed E-state index contributed by atoms with van der Waals surface area (Å²) < 4.78 is 53.8. The van der Waals surface area contributed by atoms with Crippen LogP contribution in [-0.4, -0.2) is 96.0 Å². The number of unbranched alkanes of at least 4 members (excludes halogenated alkanes) is 16. The van der Waals surface area contributed by atoms with Crippen LogP contribution in [0.25, 0.3) is 0 Å². The fraction of sp³-hybridized carbons (Fsp3) is 0.846. The molecular weight excluding hydrogens is 692 g/mol. The Balaban J connectivity index is 2.50. The molecule has 0 bridgehead atoms. The number of hydrogen-bond donors (Lipinski definition) is 4. The van der Waals surface area contributed by atoms with Crippen LogP contribution in [0.3, 0.4) is 0 Å². The summed E-state index contributed by atoms with van der Waals surface area (Å²) in [7, 11) is -4.59. The Kier molecular flexibility index (Phi) is 28.2. The first-order valence-corrected chi connectivity index (χ1v) is 21.5. The van der Waals surface area contributed by atoms with Crippen LogP contribution in [0.2, 0.25) is 0 Å². The third-order valence-electron chi connectivity index (χ3n) is 9.03. The van der Waals surface area contributed by atoms with Crippen molar-refractivity contribution < 1.29 is 56.8 Å². The van der Waals surface area contributed by atoms with Gasteiger partial charge in [0, 0.05) is 12.8 Å². The Labute approximate surface area is 313 Å². The summed E-state index contributed by atoms with van der Waals surface area (Å²) >= 11 is 0. The summed E-state index contributed by atoms with van der Waals surface area (Å²) in [6.45, 7) is 3.67. The predicted octanol–water partition coefficient (Wildman–Crippen LogP) is 6.89. The van der Waals surface area contributed by atoms with Crippen molar-refractivity contribution in [1.29, 1.82) is 0 Å². The Morgan fingerprint density at radius 2 is 1.15 bits per heavy atom. The van der Waals surface area contributed by atoms with Gasteiger partial charge in [-0.1, -0.05) is 122 Å². The maximum atomic E-state index is 12.7. The summed E-state index contributed by atoms with van der Waals surface area (Å²) in [5, 5.41) is 30.7. The lowest BCUT2D eigenvalue weighted by Crippen LogP contribution is -2.60. The number of allylic oxidation sites excluding steroid dienone is 4. The first kappa shape index (κ1) is 48.1. The van der Waals surface area contributed by atoms with E-state index in [2.05, 4.69) is 38.2 Å². The predicted molar refractivity (Wildman–Crippen MR) is 201 cm³/mol. The smallest absolute Gasteiger partial charge is 0.306 e. The second kappa shape index (κ2) is 30.5. The molecule has 0 aromatic heterocycles. The van der Waals surface area contributed by atoms with Gasteiger partial charge in [0.2, 0.25) is 0 Å². The molecule has 52 heavy (non-hydrogen) atoms. The van der Waals surface area contributed by atoms with E-state index in [1.54, 1.807) is 0 Å². The van der Waals surface area contributed by atoms with Gasteiger partial charge in [0.15, 0.2) is 12.4 Å². The van der Waals surface area contributed by atoms with E-state index in [0.29, 0.717) is 12.8 Å². The highest BCUT2D eigenvalue weighted by molar-refractivity contribution is 7.85. The van der Waals surface area contributed by atoms with Gasteiger partial charge < -0.3 is 34.3 Å². The number of aliphatic hydroxyl groups is 3. The number of ether oxygens (including phenoxy) is 4. The average Bonchev–Trinajstić information content (AvgIpc) is 3.10. The largest absolute Gasteiger partial charge is 0.462 e. The van der Waals surface area contributed by atoms with Crippen molar-refractivity contribution in [2.24, 2.45) is 0 Å². The van der Waals surface area contributed by atoms with Crippen molar-refractivity contribution in [3.8, 4) is 0 Å². The quantitative estimate of drug-likeness (QED) is 0.0241. The van der Waals surface area contributed by atoms with E-state index in [0.717, 1.165) is 64.2 Å². The van der Waals surface area contributed by atoms with Crippen LogP contribution < -0.4 is 0 Å². The van der Waals surface area contributed by atoms with Gasteiger partial charge in [0.25, 0.3) is 10.1 Å². The fourth-order valence-electron chi connectivity index (χ4n) is 5.88. The molecule has 0 aliphatic carbocycles. The molecule has 0 aromatic carbocycles. The zero-order valence-corrected chi connectivity index (χ0v) is 32.7. The van der Waals surface area contributed by atoms with Crippen molar-refractivity contribution in [2.45, 2.75) is 192 Å². The van der Waals surface area contributed by atoms with E-state index < -0.39 is 71.2 Å². The Morgan fingerprint density at radius 1 is 0.654 bits per heavy atom. The number of rotatable bonds is 32. The third-order valence-corrected chi connectivity index (χ3v) is 9.78. The lowest BCUT2D eigenvalue weighted by molar-refractivity contribution is -0.297. The molecule has 1 fully saturated rings. The molecule has 0 radical (unpaired) electrons. The van der Waals surface area contributed by atoms with Crippen molar-refractivity contribution >= 4 is 22.1 Å². The van der Waals surface area contributed by atoms with Gasteiger partial charge in [-0.25, -0.2) is 0 Å². The molecule has 304 valence electrons. The minimum atomic E-state index is -4.59. The van der Waals surface area contributed by atoms with Crippen LogP contribution in [-0.2, 0) is 38.7 Å². The van der Waals surface area contributed by atoms with Crippen LogP contribution in [0.5, 0.6) is 0 Å². The Bertz CT molecular complexity index is 1080. The molecule has 0 amide bonds. The molecule has 12 nitrogen and oxygen atoms in total. The van der Waals surface area contributed by atoms with Crippen molar-refractivity contribution in [3.63, 3.8) is 0 Å². The summed E-state index contributed by atoms with van der Waals surface area (Å²) in [4.78, 5) is 25.2. The molecule has 2 unspecified atom stereocenters. The molecule has 0 spiro atoms. The lowest BCUT2D eigenvalue weighted by atomic mass is 10.00. The molecule has 4 N–H and O–H groups in total. The van der Waals surface area contributed by atoms with Gasteiger partial charge in [0.05, 0.1) is 6.61 Å². The molecule has 13 heteroatoms. The van der Waals surface area contributed by atoms with Crippen molar-refractivity contribution in [1.82, 2.24) is 0 Å². The van der Waals surface area contributed by atoms with E-state index in [1.165, 1.54) is 51.4 Å². The normalized spacial score (nSPS) is 21.5. The standard InChI is InChI=1S/C39H70O12S/c1-3-5-7-9-11-13-14-15-16-17-18-20-21-23-25-27-34(40)48-29-32(50-35(41)28-26-24-22-19-12-10-8-6-4-2)30-49-39-38(44)37(43)36(42)33(51-39)31-52(45,46)47/h11,13,15-16,32-33,36-39,42-44H,3-10,12,14,17-31H2,1-2H3,(H,45,46,47)/b13-11+,16-15+/t32-,33-,36-,37?,38?,39+/m1/s1. The number of hydrogen-bond acceptors (Lipinski definition) is 11. The maximum absolute atomic E-state index is 12.7. The minimum Gasteiger partial charge on any atom is -0.462 e. The Morgan fingerprint density at radius 3 is 1.73 bits per heavy atom. The SMILES string of the molecule is CCCCC/C=C/C/C=C/CCCCCCCC(=O)OC[C@H](CO[C@H]1O[C@H](CS(=O)(=O)O)[C@@H](O)C(O)C1O)OC(=O)CCCCCCCCCCC. The summed E-state index contributed by atoms with van der Waals surface area (Å²) in [6, 6.07) is 0. The minimum absolute atomic E-state index is 0.163. The average molecular weight is 763 g/mol. The highest BCUT2D eigenvalue weighted by Gasteiger charge is 2.46. The highest BCUT2D eigenvalue weighted by atomic mass is 32.2. The summed E-state index contributed by atoms with van der Waals surface area (Å²) in [5.41, 5.74) is 0. The molecule has 1 rings (SSSR count). The van der Waals surface area contributed by atoms with Gasteiger partial charge in [-0.3, -0.25) is 14.1 Å². The third kappa shape index (κ3) is 25.2. The number of aliphatic hydroxyl groups excluding tert-OH is 3. The molecule has 1 saturated heterocycles. The molecule has 0 saturated carbocycles. The van der Waals surface area contributed by atoms with E-state index in [1.807, 2.05) is 0 Å². The second-order valence-electron chi connectivity index (χ2n) is 14.0.